The van der Waals surface area contributed by atoms with Crippen LogP contribution in [0.15, 0.2) is 0 Å². The van der Waals surface area contributed by atoms with Gasteiger partial charge in [0.1, 0.15) is 0 Å². The molecule has 0 saturated heterocycles. The molecule has 0 aliphatic rings. The maximum atomic E-state index is 10.4. The molecule has 4 heteroatoms. The molecule has 0 amide bonds. The Labute approximate surface area is 59.4 Å². The van der Waals surface area contributed by atoms with Gasteiger partial charge in [0.05, 0.1) is 7.11 Å². The zero-order valence-corrected chi connectivity index (χ0v) is 5.91. The van der Waals surface area contributed by atoms with Crippen molar-refractivity contribution in [1.29, 1.82) is 0 Å². The predicted octanol–water partition coefficient (Wildman–Crippen LogP) is -0.360. The van der Waals surface area contributed by atoms with Crippen molar-refractivity contribution in [3.05, 3.63) is 0 Å². The standard InChI is InChI=1S/C6H12O4/c1-10-6(9)4-2-3-5(7)8/h5,7-8H,2-4H2,1H3. The van der Waals surface area contributed by atoms with Gasteiger partial charge in [-0.1, -0.05) is 0 Å². The minimum Gasteiger partial charge on any atom is -0.469 e. The number of esters is 1. The largest absolute Gasteiger partial charge is 0.469 e. The summed E-state index contributed by atoms with van der Waals surface area (Å²) in [7, 11) is 1.30. The first-order valence-electron chi connectivity index (χ1n) is 3.09. The Balaban J connectivity index is 3.12. The monoisotopic (exact) mass is 148 g/mol. The van der Waals surface area contributed by atoms with Gasteiger partial charge >= 0.3 is 5.97 Å². The van der Waals surface area contributed by atoms with Gasteiger partial charge in [0, 0.05) is 6.42 Å². The van der Waals surface area contributed by atoms with Crippen molar-refractivity contribution in [2.75, 3.05) is 7.11 Å². The summed E-state index contributed by atoms with van der Waals surface area (Å²) in [5.74, 6) is -0.319. The third kappa shape index (κ3) is 5.53. The number of aliphatic hydroxyl groups excluding tert-OH is 1. The van der Waals surface area contributed by atoms with Crippen molar-refractivity contribution in [1.82, 2.24) is 0 Å². The van der Waals surface area contributed by atoms with Crippen molar-refractivity contribution in [3.63, 3.8) is 0 Å². The van der Waals surface area contributed by atoms with E-state index in [0.29, 0.717) is 6.42 Å². The topological polar surface area (TPSA) is 66.8 Å². The summed E-state index contributed by atoms with van der Waals surface area (Å²) in [6.07, 6.45) is -0.405. The van der Waals surface area contributed by atoms with Crippen molar-refractivity contribution < 1.29 is 19.7 Å². The number of carbonyl (C=O) groups excluding carboxylic acids is 1. The first-order chi connectivity index (χ1) is 4.66. The zero-order valence-electron chi connectivity index (χ0n) is 5.91. The lowest BCUT2D eigenvalue weighted by Crippen LogP contribution is -2.06. The smallest absolute Gasteiger partial charge is 0.305 e. The Hall–Kier alpha value is -0.610. The van der Waals surface area contributed by atoms with Gasteiger partial charge in [-0.2, -0.15) is 0 Å². The van der Waals surface area contributed by atoms with E-state index in [-0.39, 0.29) is 18.8 Å². The number of ether oxygens (including phenoxy) is 1. The number of methoxy groups -OCH3 is 1. The first kappa shape index (κ1) is 9.39. The molecule has 10 heavy (non-hydrogen) atoms. The summed E-state index contributed by atoms with van der Waals surface area (Å²) in [5.41, 5.74) is 0. The third-order valence-electron chi connectivity index (χ3n) is 1.07. The molecule has 0 bridgehead atoms. The molecule has 0 radical (unpaired) electrons. The Morgan fingerprint density at radius 1 is 1.60 bits per heavy atom. The predicted molar refractivity (Wildman–Crippen MR) is 34.1 cm³/mol. The summed E-state index contributed by atoms with van der Waals surface area (Å²) < 4.78 is 4.33. The molecule has 0 spiro atoms. The lowest BCUT2D eigenvalue weighted by molar-refractivity contribution is -0.141. The average molecular weight is 148 g/mol. The van der Waals surface area contributed by atoms with Crippen molar-refractivity contribution >= 4 is 5.97 Å². The molecule has 0 atom stereocenters. The SMILES string of the molecule is COC(=O)CCCC(O)O. The van der Waals surface area contributed by atoms with E-state index in [0.717, 1.165) is 0 Å². The fourth-order valence-corrected chi connectivity index (χ4v) is 0.531. The second-order valence-corrected chi connectivity index (χ2v) is 1.95. The van der Waals surface area contributed by atoms with E-state index in [9.17, 15) is 4.79 Å². The Bertz CT molecular complexity index is 99.9. The van der Waals surface area contributed by atoms with Gasteiger partial charge in [-0.05, 0) is 12.8 Å². The van der Waals surface area contributed by atoms with Crippen LogP contribution in [0.5, 0.6) is 0 Å². The van der Waals surface area contributed by atoms with E-state index in [4.69, 9.17) is 10.2 Å². The van der Waals surface area contributed by atoms with Crippen LogP contribution in [0.25, 0.3) is 0 Å². The molecule has 0 fully saturated rings. The molecule has 0 saturated carbocycles. The van der Waals surface area contributed by atoms with Crippen LogP contribution >= 0.6 is 0 Å². The minimum absolute atomic E-state index is 0.217. The summed E-state index contributed by atoms with van der Waals surface area (Å²) in [5, 5.41) is 16.7. The molecule has 60 valence electrons. The quantitative estimate of drug-likeness (QED) is 0.422. The molecule has 0 aliphatic carbocycles. The summed E-state index contributed by atoms with van der Waals surface area (Å²) in [6.45, 7) is 0. The summed E-state index contributed by atoms with van der Waals surface area (Å²) in [6, 6.07) is 0. The maximum Gasteiger partial charge on any atom is 0.305 e. The lowest BCUT2D eigenvalue weighted by atomic mass is 10.2. The number of carbonyl (C=O) groups is 1. The van der Waals surface area contributed by atoms with Gasteiger partial charge in [-0.15, -0.1) is 0 Å². The third-order valence-corrected chi connectivity index (χ3v) is 1.07. The molecule has 4 nitrogen and oxygen atoms in total. The lowest BCUT2D eigenvalue weighted by Gasteiger charge is -2.00. The second-order valence-electron chi connectivity index (χ2n) is 1.95. The van der Waals surface area contributed by atoms with Crippen LogP contribution < -0.4 is 0 Å². The molecule has 0 aromatic rings. The highest BCUT2D eigenvalue weighted by Gasteiger charge is 2.01. The van der Waals surface area contributed by atoms with E-state index in [1.165, 1.54) is 7.11 Å². The number of aliphatic hydroxyl groups is 2. The highest BCUT2D eigenvalue weighted by atomic mass is 16.5. The van der Waals surface area contributed by atoms with Gasteiger partial charge in [0.25, 0.3) is 0 Å². The molecule has 0 rings (SSSR count). The van der Waals surface area contributed by atoms with Gasteiger partial charge in [0.2, 0.25) is 0 Å². The molecule has 0 unspecified atom stereocenters. The van der Waals surface area contributed by atoms with Gasteiger partial charge in [-0.25, -0.2) is 0 Å². The van der Waals surface area contributed by atoms with E-state index in [2.05, 4.69) is 4.74 Å². The average Bonchev–Trinajstić information content (AvgIpc) is 1.87. The molecular weight excluding hydrogens is 136 g/mol. The summed E-state index contributed by atoms with van der Waals surface area (Å²) in [4.78, 5) is 10.4. The molecule has 2 N–H and O–H groups in total. The highest BCUT2D eigenvalue weighted by molar-refractivity contribution is 5.68. The van der Waals surface area contributed by atoms with E-state index >= 15 is 0 Å². The Morgan fingerprint density at radius 3 is 2.60 bits per heavy atom. The van der Waals surface area contributed by atoms with Gasteiger partial charge in [-0.3, -0.25) is 4.79 Å². The van der Waals surface area contributed by atoms with Gasteiger partial charge in [0.15, 0.2) is 6.29 Å². The first-order valence-corrected chi connectivity index (χ1v) is 3.09. The van der Waals surface area contributed by atoms with Crippen molar-refractivity contribution in [2.24, 2.45) is 0 Å². The van der Waals surface area contributed by atoms with Crippen LogP contribution in [0.4, 0.5) is 0 Å². The van der Waals surface area contributed by atoms with Crippen LogP contribution in [0.2, 0.25) is 0 Å². The molecular formula is C6H12O4. The van der Waals surface area contributed by atoms with Crippen LogP contribution in [-0.4, -0.2) is 29.6 Å². The molecule has 0 heterocycles. The number of rotatable bonds is 4. The molecule has 0 aromatic heterocycles. The van der Waals surface area contributed by atoms with Crippen LogP contribution in [0.1, 0.15) is 19.3 Å². The fourth-order valence-electron chi connectivity index (χ4n) is 0.531. The maximum absolute atomic E-state index is 10.4. The van der Waals surface area contributed by atoms with Crippen LogP contribution in [0.3, 0.4) is 0 Å². The number of hydrogen-bond donors (Lipinski definition) is 2. The van der Waals surface area contributed by atoms with Gasteiger partial charge < -0.3 is 14.9 Å². The van der Waals surface area contributed by atoms with E-state index < -0.39 is 6.29 Å². The normalized spacial score (nSPS) is 10.0. The second kappa shape index (κ2) is 5.20. The fraction of sp³-hybridized carbons (Fsp3) is 0.833. The minimum atomic E-state index is -1.32. The number of hydrogen-bond acceptors (Lipinski definition) is 4. The zero-order chi connectivity index (χ0) is 7.98. The van der Waals surface area contributed by atoms with Crippen LogP contribution in [0, 0.1) is 0 Å². The highest BCUT2D eigenvalue weighted by Crippen LogP contribution is 1.98. The van der Waals surface area contributed by atoms with Crippen molar-refractivity contribution in [3.8, 4) is 0 Å². The van der Waals surface area contributed by atoms with Crippen LogP contribution in [-0.2, 0) is 9.53 Å². The Kier molecular flexibility index (Phi) is 4.88. The summed E-state index contributed by atoms with van der Waals surface area (Å²) >= 11 is 0. The van der Waals surface area contributed by atoms with E-state index in [1.807, 2.05) is 0 Å². The Morgan fingerprint density at radius 2 is 2.20 bits per heavy atom. The van der Waals surface area contributed by atoms with Crippen molar-refractivity contribution in [2.45, 2.75) is 25.6 Å². The molecule has 0 aromatic carbocycles. The van der Waals surface area contributed by atoms with E-state index in [1.54, 1.807) is 0 Å². The molecule has 0 aliphatic heterocycles.